The molecule has 2 rings (SSSR count). The summed E-state index contributed by atoms with van der Waals surface area (Å²) >= 11 is 0. The second kappa shape index (κ2) is 4.34. The van der Waals surface area contributed by atoms with Gasteiger partial charge in [0.2, 0.25) is 0 Å². The molecule has 88 valence electrons. The van der Waals surface area contributed by atoms with E-state index in [0.717, 1.165) is 6.20 Å². The predicted molar refractivity (Wildman–Crippen MR) is 59.3 cm³/mol. The van der Waals surface area contributed by atoms with Crippen LogP contribution in [0.5, 0.6) is 0 Å². The van der Waals surface area contributed by atoms with Gasteiger partial charge >= 0.3 is 5.97 Å². The summed E-state index contributed by atoms with van der Waals surface area (Å²) in [7, 11) is 1.20. The average molecular weight is 234 g/mol. The number of hydrogen-bond acceptors (Lipinski definition) is 5. The van der Waals surface area contributed by atoms with Gasteiger partial charge in [0.15, 0.2) is 6.10 Å². The molecule has 0 amide bonds. The summed E-state index contributed by atoms with van der Waals surface area (Å²) in [6, 6.07) is 4.62. The summed E-state index contributed by atoms with van der Waals surface area (Å²) in [5.41, 5.74) is 1.09. The zero-order chi connectivity index (χ0) is 12.4. The van der Waals surface area contributed by atoms with Crippen molar-refractivity contribution in [3.8, 4) is 0 Å². The van der Waals surface area contributed by atoms with Crippen LogP contribution in [0.25, 0.3) is 11.0 Å². The van der Waals surface area contributed by atoms with E-state index < -0.39 is 12.1 Å². The number of aliphatic hydroxyl groups excluding tert-OH is 1. The molecule has 6 heteroatoms. The first kappa shape index (κ1) is 11.3. The summed E-state index contributed by atoms with van der Waals surface area (Å²) < 4.78 is 4.43. The van der Waals surface area contributed by atoms with Gasteiger partial charge < -0.3 is 14.8 Å². The van der Waals surface area contributed by atoms with Crippen LogP contribution in [-0.4, -0.2) is 28.2 Å². The van der Waals surface area contributed by atoms with Crippen molar-refractivity contribution in [2.45, 2.75) is 6.10 Å². The molecule has 6 nitrogen and oxygen atoms in total. The summed E-state index contributed by atoms with van der Waals surface area (Å²) in [5, 5.41) is 9.63. The first-order chi connectivity index (χ1) is 8.11. The summed E-state index contributed by atoms with van der Waals surface area (Å²) in [4.78, 5) is 28.7. The molecule has 0 spiro atoms. The number of rotatable bonds is 2. The second-order valence-electron chi connectivity index (χ2n) is 3.45. The Morgan fingerprint density at radius 3 is 3.00 bits per heavy atom. The largest absolute Gasteiger partial charge is 0.467 e. The fraction of sp³-hybridized carbons (Fsp3) is 0.182. The van der Waals surface area contributed by atoms with Gasteiger partial charge in [-0.05, 0) is 17.7 Å². The number of aromatic nitrogens is 2. The number of benzene rings is 1. The van der Waals surface area contributed by atoms with E-state index in [0.29, 0.717) is 16.6 Å². The number of H-pyrrole nitrogens is 1. The molecule has 0 saturated carbocycles. The highest BCUT2D eigenvalue weighted by Gasteiger charge is 2.18. The van der Waals surface area contributed by atoms with Crippen LogP contribution in [0.4, 0.5) is 0 Å². The lowest BCUT2D eigenvalue weighted by molar-refractivity contribution is -0.150. The molecule has 0 bridgehead atoms. The highest BCUT2D eigenvalue weighted by Crippen LogP contribution is 2.17. The molecule has 1 aromatic heterocycles. The summed E-state index contributed by atoms with van der Waals surface area (Å²) in [5.74, 6) is -0.742. The van der Waals surface area contributed by atoms with Gasteiger partial charge in [0.25, 0.3) is 5.56 Å². The lowest BCUT2D eigenvalue weighted by atomic mass is 10.1. The zero-order valence-electron chi connectivity index (χ0n) is 9.01. The van der Waals surface area contributed by atoms with E-state index in [1.807, 2.05) is 0 Å². The van der Waals surface area contributed by atoms with Gasteiger partial charge in [0, 0.05) is 0 Å². The first-order valence-electron chi connectivity index (χ1n) is 4.86. The van der Waals surface area contributed by atoms with Crippen LogP contribution < -0.4 is 5.56 Å². The zero-order valence-corrected chi connectivity index (χ0v) is 9.01. The minimum Gasteiger partial charge on any atom is -0.467 e. The number of aromatic amines is 1. The Labute approximate surface area is 95.9 Å². The molecule has 0 aliphatic heterocycles. The Hall–Kier alpha value is -2.21. The number of carbonyl (C=O) groups excluding carboxylic acids is 1. The van der Waals surface area contributed by atoms with Gasteiger partial charge in [0.05, 0.1) is 24.3 Å². The Bertz CT molecular complexity index is 620. The van der Waals surface area contributed by atoms with Crippen LogP contribution in [0.3, 0.4) is 0 Å². The van der Waals surface area contributed by atoms with E-state index in [1.54, 1.807) is 6.07 Å². The molecular formula is C11H10N2O4. The van der Waals surface area contributed by atoms with E-state index in [4.69, 9.17) is 0 Å². The topological polar surface area (TPSA) is 92.3 Å². The van der Waals surface area contributed by atoms with Crippen LogP contribution in [0, 0.1) is 0 Å². The quantitative estimate of drug-likeness (QED) is 0.720. The summed E-state index contributed by atoms with van der Waals surface area (Å²) in [6.45, 7) is 0. The third-order valence-corrected chi connectivity index (χ3v) is 2.34. The molecule has 0 saturated heterocycles. The van der Waals surface area contributed by atoms with Crippen molar-refractivity contribution in [2.75, 3.05) is 7.11 Å². The van der Waals surface area contributed by atoms with Crippen molar-refractivity contribution in [3.05, 3.63) is 40.3 Å². The van der Waals surface area contributed by atoms with Crippen LogP contribution in [0.1, 0.15) is 11.7 Å². The average Bonchev–Trinajstić information content (AvgIpc) is 2.36. The molecule has 1 atom stereocenters. The SMILES string of the molecule is COC(=O)C(O)c1ccc2[nH]c(=O)cnc2c1. The number of carbonyl (C=O) groups is 1. The minimum atomic E-state index is -1.35. The predicted octanol–water partition coefficient (Wildman–Crippen LogP) is 0.130. The maximum absolute atomic E-state index is 11.2. The molecule has 0 aliphatic carbocycles. The number of nitrogens with one attached hydrogen (secondary N) is 1. The molecule has 17 heavy (non-hydrogen) atoms. The minimum absolute atomic E-state index is 0.307. The monoisotopic (exact) mass is 234 g/mol. The number of hydrogen-bond donors (Lipinski definition) is 2. The van der Waals surface area contributed by atoms with Gasteiger partial charge in [-0.2, -0.15) is 0 Å². The lowest BCUT2D eigenvalue weighted by Gasteiger charge is -2.08. The maximum Gasteiger partial charge on any atom is 0.339 e. The maximum atomic E-state index is 11.2. The number of ether oxygens (including phenoxy) is 1. The van der Waals surface area contributed by atoms with E-state index >= 15 is 0 Å². The Morgan fingerprint density at radius 2 is 2.29 bits per heavy atom. The summed E-state index contributed by atoms with van der Waals surface area (Å²) in [6.07, 6.45) is -0.213. The molecule has 1 unspecified atom stereocenters. The number of aliphatic hydroxyl groups is 1. The molecule has 2 aromatic rings. The Kier molecular flexibility index (Phi) is 2.88. The third-order valence-electron chi connectivity index (χ3n) is 2.34. The highest BCUT2D eigenvalue weighted by molar-refractivity contribution is 5.80. The van der Waals surface area contributed by atoms with Crippen molar-refractivity contribution in [3.63, 3.8) is 0 Å². The van der Waals surface area contributed by atoms with E-state index in [1.165, 1.54) is 19.2 Å². The standard InChI is InChI=1S/C11H10N2O4/c1-17-11(16)10(15)6-2-3-7-8(4-6)12-5-9(14)13-7/h2-5,10,15H,1H3,(H,13,14). The van der Waals surface area contributed by atoms with Gasteiger partial charge in [-0.3, -0.25) is 4.79 Å². The fourth-order valence-electron chi connectivity index (χ4n) is 1.47. The number of fused-ring (bicyclic) bond motifs is 1. The number of esters is 1. The normalized spacial score (nSPS) is 12.4. The van der Waals surface area contributed by atoms with Crippen molar-refractivity contribution < 1.29 is 14.6 Å². The van der Waals surface area contributed by atoms with E-state index in [-0.39, 0.29) is 5.56 Å². The van der Waals surface area contributed by atoms with Gasteiger partial charge in [-0.1, -0.05) is 6.07 Å². The second-order valence-corrected chi connectivity index (χ2v) is 3.45. The first-order valence-corrected chi connectivity index (χ1v) is 4.86. The third kappa shape index (κ3) is 2.16. The Balaban J connectivity index is 2.48. The van der Waals surface area contributed by atoms with E-state index in [9.17, 15) is 14.7 Å². The molecule has 1 aromatic carbocycles. The van der Waals surface area contributed by atoms with Gasteiger partial charge in [0.1, 0.15) is 0 Å². The molecule has 0 fully saturated rings. The highest BCUT2D eigenvalue weighted by atomic mass is 16.5. The van der Waals surface area contributed by atoms with E-state index in [2.05, 4.69) is 14.7 Å². The van der Waals surface area contributed by atoms with Crippen LogP contribution >= 0.6 is 0 Å². The molecule has 0 aliphatic rings. The molecule has 1 heterocycles. The molecule has 0 radical (unpaired) electrons. The Morgan fingerprint density at radius 1 is 1.53 bits per heavy atom. The van der Waals surface area contributed by atoms with Crippen LogP contribution in [0.15, 0.2) is 29.2 Å². The van der Waals surface area contributed by atoms with Gasteiger partial charge in [-0.15, -0.1) is 0 Å². The fourth-order valence-corrected chi connectivity index (χ4v) is 1.47. The van der Waals surface area contributed by atoms with Crippen molar-refractivity contribution in [1.29, 1.82) is 0 Å². The molecular weight excluding hydrogens is 224 g/mol. The van der Waals surface area contributed by atoms with Crippen molar-refractivity contribution in [2.24, 2.45) is 0 Å². The smallest absolute Gasteiger partial charge is 0.339 e. The van der Waals surface area contributed by atoms with Gasteiger partial charge in [-0.25, -0.2) is 9.78 Å². The van der Waals surface area contributed by atoms with Crippen molar-refractivity contribution >= 4 is 17.0 Å². The van der Waals surface area contributed by atoms with Crippen LogP contribution in [0.2, 0.25) is 0 Å². The number of nitrogens with zero attached hydrogens (tertiary/aromatic N) is 1. The lowest BCUT2D eigenvalue weighted by Crippen LogP contribution is -2.13. The molecule has 2 N–H and O–H groups in total. The van der Waals surface area contributed by atoms with Crippen LogP contribution in [-0.2, 0) is 9.53 Å². The van der Waals surface area contributed by atoms with Crippen molar-refractivity contribution in [1.82, 2.24) is 9.97 Å². The number of methoxy groups -OCH3 is 1.